The van der Waals surface area contributed by atoms with Crippen molar-refractivity contribution in [3.05, 3.63) is 23.8 Å². The average molecular weight is 234 g/mol. The summed E-state index contributed by atoms with van der Waals surface area (Å²) in [7, 11) is 1.92. The molecule has 0 saturated carbocycles. The Morgan fingerprint density at radius 1 is 1.41 bits per heavy atom. The van der Waals surface area contributed by atoms with Crippen LogP contribution in [0.1, 0.15) is 25.7 Å². The predicted octanol–water partition coefficient (Wildman–Crippen LogP) is 1.72. The van der Waals surface area contributed by atoms with Crippen LogP contribution in [0.4, 0.5) is 0 Å². The zero-order valence-electron chi connectivity index (χ0n) is 10.6. The fourth-order valence-corrected chi connectivity index (χ4v) is 2.52. The van der Waals surface area contributed by atoms with Gasteiger partial charge in [0, 0.05) is 19.5 Å². The SMILES string of the molecule is CN(CC1=CCCC=C1)C(=O)C1CCNCC1. The molecule has 1 amide bonds. The van der Waals surface area contributed by atoms with Gasteiger partial charge in [-0.05, 0) is 44.3 Å². The zero-order chi connectivity index (χ0) is 12.1. The third-order valence-electron chi connectivity index (χ3n) is 3.56. The van der Waals surface area contributed by atoms with E-state index in [-0.39, 0.29) is 5.92 Å². The fourth-order valence-electron chi connectivity index (χ4n) is 2.52. The van der Waals surface area contributed by atoms with Crippen molar-refractivity contribution < 1.29 is 4.79 Å². The van der Waals surface area contributed by atoms with Crippen LogP contribution in [0.25, 0.3) is 0 Å². The monoisotopic (exact) mass is 234 g/mol. The lowest BCUT2D eigenvalue weighted by molar-refractivity contribution is -0.134. The summed E-state index contributed by atoms with van der Waals surface area (Å²) in [4.78, 5) is 14.1. The maximum atomic E-state index is 12.2. The van der Waals surface area contributed by atoms with Crippen molar-refractivity contribution in [2.45, 2.75) is 25.7 Å². The second-order valence-corrected chi connectivity index (χ2v) is 4.98. The Labute approximate surface area is 104 Å². The van der Waals surface area contributed by atoms with Crippen LogP contribution in [0.5, 0.6) is 0 Å². The summed E-state index contributed by atoms with van der Waals surface area (Å²) in [5.41, 5.74) is 1.28. The van der Waals surface area contributed by atoms with Crippen LogP contribution in [0.2, 0.25) is 0 Å². The van der Waals surface area contributed by atoms with Gasteiger partial charge in [-0.1, -0.05) is 18.2 Å². The van der Waals surface area contributed by atoms with Crippen LogP contribution in [0.15, 0.2) is 23.8 Å². The van der Waals surface area contributed by atoms with Crippen LogP contribution >= 0.6 is 0 Å². The van der Waals surface area contributed by atoms with E-state index in [2.05, 4.69) is 23.5 Å². The van der Waals surface area contributed by atoms with Gasteiger partial charge in [-0.15, -0.1) is 0 Å². The van der Waals surface area contributed by atoms with Crippen molar-refractivity contribution in [2.24, 2.45) is 5.92 Å². The molecule has 2 rings (SSSR count). The Morgan fingerprint density at radius 2 is 2.18 bits per heavy atom. The molecule has 0 bridgehead atoms. The topological polar surface area (TPSA) is 32.3 Å². The molecule has 0 spiro atoms. The normalized spacial score (nSPS) is 21.1. The minimum absolute atomic E-state index is 0.231. The first-order chi connectivity index (χ1) is 8.27. The summed E-state index contributed by atoms with van der Waals surface area (Å²) >= 11 is 0. The fraction of sp³-hybridized carbons (Fsp3) is 0.643. The molecule has 1 aliphatic heterocycles. The van der Waals surface area contributed by atoms with Gasteiger partial charge in [-0.3, -0.25) is 4.79 Å². The Morgan fingerprint density at radius 3 is 2.82 bits per heavy atom. The summed E-state index contributed by atoms with van der Waals surface area (Å²) in [6.07, 6.45) is 10.8. The molecular formula is C14H22N2O. The molecule has 3 nitrogen and oxygen atoms in total. The molecule has 17 heavy (non-hydrogen) atoms. The molecule has 1 heterocycles. The summed E-state index contributed by atoms with van der Waals surface area (Å²) in [5, 5.41) is 3.30. The van der Waals surface area contributed by atoms with Gasteiger partial charge in [-0.2, -0.15) is 0 Å². The number of rotatable bonds is 3. The van der Waals surface area contributed by atoms with Crippen molar-refractivity contribution in [1.82, 2.24) is 10.2 Å². The highest BCUT2D eigenvalue weighted by atomic mass is 16.2. The number of carbonyl (C=O) groups is 1. The lowest BCUT2D eigenvalue weighted by Crippen LogP contribution is -2.39. The maximum Gasteiger partial charge on any atom is 0.225 e. The quantitative estimate of drug-likeness (QED) is 0.806. The Balaban J connectivity index is 1.85. The zero-order valence-corrected chi connectivity index (χ0v) is 10.6. The van der Waals surface area contributed by atoms with E-state index < -0.39 is 0 Å². The Kier molecular flexibility index (Phi) is 4.37. The molecule has 0 aromatic carbocycles. The van der Waals surface area contributed by atoms with E-state index in [9.17, 15) is 4.79 Å². The summed E-state index contributed by atoms with van der Waals surface area (Å²) in [5.74, 6) is 0.542. The second kappa shape index (κ2) is 6.01. The van der Waals surface area contributed by atoms with E-state index in [0.717, 1.165) is 45.3 Å². The predicted molar refractivity (Wildman–Crippen MR) is 69.7 cm³/mol. The number of allylic oxidation sites excluding steroid dienone is 2. The lowest BCUT2D eigenvalue weighted by Gasteiger charge is -2.27. The van der Waals surface area contributed by atoms with E-state index in [1.807, 2.05) is 11.9 Å². The Hall–Kier alpha value is -1.09. The number of nitrogens with zero attached hydrogens (tertiary/aromatic N) is 1. The van der Waals surface area contributed by atoms with E-state index in [0.29, 0.717) is 5.91 Å². The minimum Gasteiger partial charge on any atom is -0.341 e. The number of likely N-dealkylation sites (N-methyl/N-ethyl adjacent to an activating group) is 1. The number of amides is 1. The number of piperidine rings is 1. The third-order valence-corrected chi connectivity index (χ3v) is 3.56. The number of hydrogen-bond donors (Lipinski definition) is 1. The summed E-state index contributed by atoms with van der Waals surface area (Å²) < 4.78 is 0. The standard InChI is InChI=1S/C14H22N2O/c1-16(11-12-5-3-2-4-6-12)14(17)13-7-9-15-10-8-13/h3,5-6,13,15H,2,4,7-11H2,1H3. The van der Waals surface area contributed by atoms with Crippen molar-refractivity contribution >= 4 is 5.91 Å². The molecular weight excluding hydrogens is 212 g/mol. The molecule has 1 saturated heterocycles. The van der Waals surface area contributed by atoms with Crippen LogP contribution in [0, 0.1) is 5.92 Å². The van der Waals surface area contributed by atoms with E-state index in [1.165, 1.54) is 5.57 Å². The van der Waals surface area contributed by atoms with Gasteiger partial charge >= 0.3 is 0 Å². The largest absolute Gasteiger partial charge is 0.341 e. The van der Waals surface area contributed by atoms with E-state index in [1.54, 1.807) is 0 Å². The van der Waals surface area contributed by atoms with Crippen molar-refractivity contribution in [3.63, 3.8) is 0 Å². The molecule has 0 atom stereocenters. The number of hydrogen-bond acceptors (Lipinski definition) is 2. The van der Waals surface area contributed by atoms with Gasteiger partial charge in [0.25, 0.3) is 0 Å². The van der Waals surface area contributed by atoms with Crippen molar-refractivity contribution in [2.75, 3.05) is 26.7 Å². The van der Waals surface area contributed by atoms with E-state index >= 15 is 0 Å². The highest BCUT2D eigenvalue weighted by molar-refractivity contribution is 5.79. The molecule has 0 unspecified atom stereocenters. The van der Waals surface area contributed by atoms with Gasteiger partial charge in [0.1, 0.15) is 0 Å². The third kappa shape index (κ3) is 3.43. The molecule has 94 valence electrons. The molecule has 2 aliphatic rings. The van der Waals surface area contributed by atoms with Gasteiger partial charge in [0.15, 0.2) is 0 Å². The summed E-state index contributed by atoms with van der Waals surface area (Å²) in [6, 6.07) is 0. The molecule has 0 radical (unpaired) electrons. The van der Waals surface area contributed by atoms with Crippen molar-refractivity contribution in [1.29, 1.82) is 0 Å². The number of carbonyl (C=O) groups excluding carboxylic acids is 1. The van der Waals surface area contributed by atoms with Crippen LogP contribution < -0.4 is 5.32 Å². The van der Waals surface area contributed by atoms with Crippen LogP contribution in [-0.2, 0) is 4.79 Å². The lowest BCUT2D eigenvalue weighted by atomic mass is 9.96. The summed E-state index contributed by atoms with van der Waals surface area (Å²) in [6.45, 7) is 2.72. The minimum atomic E-state index is 0.231. The molecule has 1 fully saturated rings. The van der Waals surface area contributed by atoms with Gasteiger partial charge < -0.3 is 10.2 Å². The average Bonchev–Trinajstić information content (AvgIpc) is 2.40. The number of nitrogens with one attached hydrogen (secondary N) is 1. The van der Waals surface area contributed by atoms with E-state index in [4.69, 9.17) is 0 Å². The molecule has 0 aromatic heterocycles. The first-order valence-corrected chi connectivity index (χ1v) is 6.58. The van der Waals surface area contributed by atoms with Crippen LogP contribution in [0.3, 0.4) is 0 Å². The van der Waals surface area contributed by atoms with Gasteiger partial charge in [-0.25, -0.2) is 0 Å². The molecule has 1 N–H and O–H groups in total. The molecule has 1 aliphatic carbocycles. The maximum absolute atomic E-state index is 12.2. The molecule has 0 aromatic rings. The smallest absolute Gasteiger partial charge is 0.225 e. The first kappa shape index (κ1) is 12.4. The first-order valence-electron chi connectivity index (χ1n) is 6.58. The highest BCUT2D eigenvalue weighted by Crippen LogP contribution is 2.16. The molecule has 3 heteroatoms. The van der Waals surface area contributed by atoms with Crippen LogP contribution in [-0.4, -0.2) is 37.5 Å². The second-order valence-electron chi connectivity index (χ2n) is 4.98. The van der Waals surface area contributed by atoms with Gasteiger partial charge in [0.2, 0.25) is 5.91 Å². The Bertz CT molecular complexity index is 327. The van der Waals surface area contributed by atoms with Crippen molar-refractivity contribution in [3.8, 4) is 0 Å². The highest BCUT2D eigenvalue weighted by Gasteiger charge is 2.23. The van der Waals surface area contributed by atoms with Gasteiger partial charge in [0.05, 0.1) is 0 Å².